The molecule has 0 aromatic heterocycles. The van der Waals surface area contributed by atoms with Gasteiger partial charge in [-0.25, -0.2) is 0 Å². The van der Waals surface area contributed by atoms with Crippen LogP contribution < -0.4 is 0 Å². The molecule has 0 aromatic carbocycles. The Morgan fingerprint density at radius 3 is 1.84 bits per heavy atom. The van der Waals surface area contributed by atoms with E-state index in [0.717, 1.165) is 149 Å². The first-order valence-corrected chi connectivity index (χ1v) is 26.9. The Morgan fingerprint density at radius 2 is 1.29 bits per heavy atom. The van der Waals surface area contributed by atoms with Crippen LogP contribution in [0.4, 0.5) is 0 Å². The summed E-state index contributed by atoms with van der Waals surface area (Å²) >= 11 is 0. The third-order valence-corrected chi connectivity index (χ3v) is 14.3. The number of aliphatic imine (C=N–C) groups is 1. The monoisotopic (exact) mass is 889 g/mol. The predicted molar refractivity (Wildman–Crippen MR) is 267 cm³/mol. The minimum atomic E-state index is 0.153. The van der Waals surface area contributed by atoms with Crippen LogP contribution in [0.15, 0.2) is 28.8 Å². The normalized spacial score (nSPS) is 21.6. The van der Waals surface area contributed by atoms with Gasteiger partial charge in [0.25, 0.3) is 0 Å². The van der Waals surface area contributed by atoms with E-state index in [2.05, 4.69) is 59.2 Å². The van der Waals surface area contributed by atoms with E-state index in [-0.39, 0.29) is 6.04 Å². The van der Waals surface area contributed by atoms with Gasteiger partial charge in [-0.1, -0.05) is 64.8 Å². The highest BCUT2D eigenvalue weighted by Crippen LogP contribution is 2.45. The van der Waals surface area contributed by atoms with Crippen LogP contribution in [0.5, 0.6) is 0 Å². The molecule has 8 nitrogen and oxygen atoms in total. The molecular weight excluding hydrogens is 785 g/mol. The fourth-order valence-corrected chi connectivity index (χ4v) is 9.47. The molecule has 1 saturated heterocycles. The van der Waals surface area contributed by atoms with Gasteiger partial charge in [-0.3, -0.25) is 4.99 Å². The van der Waals surface area contributed by atoms with Gasteiger partial charge in [0.1, 0.15) is 0 Å². The van der Waals surface area contributed by atoms with E-state index >= 15 is 0 Å². The standard InChI is InChI=1S/C55H104N2O6/c1-8-33-56-34-22-43-63-45-44-62-41-20-12-18-39-60-37-16-10-15-36-59-38-17-11-19-40-61-42-21-23-52-27-30-55(7,31-28-52)32-29-53(26-25-48(3)46-50(5)49(4)9-2)47-51(6)54-24-13-14-35-57(54)58/h34,46,48-49,52-54,58H,6,8-33,35-45,47H2,1-5,7H3/b50-46+,56-34+. The Kier molecular flexibility index (Phi) is 35.8. The molecule has 0 amide bonds. The molecule has 0 spiro atoms. The summed E-state index contributed by atoms with van der Waals surface area (Å²) < 4.78 is 29.0. The smallest absolute Gasteiger partial charge is 0.0700 e. The highest BCUT2D eigenvalue weighted by molar-refractivity contribution is 5.57. The second-order valence-corrected chi connectivity index (χ2v) is 20.2. The summed E-state index contributed by atoms with van der Waals surface area (Å²) in [6, 6.07) is 0.153. The van der Waals surface area contributed by atoms with E-state index in [1.165, 1.54) is 95.5 Å². The molecular formula is C55H104N2O6. The highest BCUT2D eigenvalue weighted by Gasteiger charge is 2.32. The first-order valence-electron chi connectivity index (χ1n) is 26.9. The van der Waals surface area contributed by atoms with E-state index in [9.17, 15) is 5.21 Å². The quantitative estimate of drug-likeness (QED) is 0.0371. The maximum absolute atomic E-state index is 10.6. The van der Waals surface area contributed by atoms with Gasteiger partial charge in [-0.2, -0.15) is 5.06 Å². The van der Waals surface area contributed by atoms with Crippen LogP contribution in [0, 0.1) is 29.1 Å². The molecule has 1 N–H and O–H groups in total. The van der Waals surface area contributed by atoms with Crippen LogP contribution in [0.2, 0.25) is 0 Å². The molecule has 1 aliphatic carbocycles. The number of unbranched alkanes of at least 4 members (excludes halogenated alkanes) is 6. The zero-order valence-corrected chi connectivity index (χ0v) is 42.5. The van der Waals surface area contributed by atoms with E-state index in [0.29, 0.717) is 36.4 Å². The van der Waals surface area contributed by atoms with Gasteiger partial charge in [0.15, 0.2) is 0 Å². The van der Waals surface area contributed by atoms with Gasteiger partial charge in [0.05, 0.1) is 25.9 Å². The molecule has 4 unspecified atom stereocenters. The second-order valence-electron chi connectivity index (χ2n) is 20.2. The Morgan fingerprint density at radius 1 is 0.730 bits per heavy atom. The van der Waals surface area contributed by atoms with Gasteiger partial charge in [0.2, 0.25) is 0 Å². The first kappa shape index (κ1) is 58.0. The molecule has 2 aliphatic rings. The van der Waals surface area contributed by atoms with Crippen molar-refractivity contribution in [2.75, 3.05) is 79.2 Å². The van der Waals surface area contributed by atoms with Gasteiger partial charge in [-0.05, 0) is 190 Å². The van der Waals surface area contributed by atoms with Crippen molar-refractivity contribution < 1.29 is 28.9 Å². The molecule has 370 valence electrons. The van der Waals surface area contributed by atoms with E-state index in [1.807, 2.05) is 6.21 Å². The third kappa shape index (κ3) is 30.7. The average molecular weight is 889 g/mol. The first-order chi connectivity index (χ1) is 30.7. The predicted octanol–water partition coefficient (Wildman–Crippen LogP) is 14.4. The second kappa shape index (κ2) is 38.9. The number of hydrogen-bond donors (Lipinski definition) is 1. The van der Waals surface area contributed by atoms with Crippen molar-refractivity contribution in [2.24, 2.45) is 34.1 Å². The molecule has 8 heteroatoms. The van der Waals surface area contributed by atoms with Crippen LogP contribution in [0.25, 0.3) is 0 Å². The summed E-state index contributed by atoms with van der Waals surface area (Å²) in [6.07, 6.45) is 35.5. The van der Waals surface area contributed by atoms with Crippen LogP contribution in [-0.2, 0) is 23.7 Å². The number of rotatable bonds is 42. The lowest BCUT2D eigenvalue weighted by Gasteiger charge is -2.39. The van der Waals surface area contributed by atoms with Gasteiger partial charge in [-0.15, -0.1) is 0 Å². The maximum atomic E-state index is 10.6. The Hall–Kier alpha value is -1.13. The molecule has 4 atom stereocenters. The lowest BCUT2D eigenvalue weighted by atomic mass is 9.67. The van der Waals surface area contributed by atoms with Crippen molar-refractivity contribution in [3.63, 3.8) is 0 Å². The summed E-state index contributed by atoms with van der Waals surface area (Å²) in [4.78, 5) is 4.29. The minimum absolute atomic E-state index is 0.153. The van der Waals surface area contributed by atoms with Crippen LogP contribution in [0.1, 0.15) is 208 Å². The Balaban J connectivity index is 1.41. The molecule has 1 heterocycles. The van der Waals surface area contributed by atoms with Crippen LogP contribution in [0.3, 0.4) is 0 Å². The number of allylic oxidation sites excluding steroid dienone is 2. The number of nitrogens with zero attached hydrogens (tertiary/aromatic N) is 2. The van der Waals surface area contributed by atoms with E-state index < -0.39 is 0 Å². The molecule has 0 radical (unpaired) electrons. The van der Waals surface area contributed by atoms with E-state index in [4.69, 9.17) is 23.7 Å². The average Bonchev–Trinajstić information content (AvgIpc) is 3.28. The van der Waals surface area contributed by atoms with Crippen molar-refractivity contribution >= 4 is 6.21 Å². The zero-order chi connectivity index (χ0) is 45.6. The topological polar surface area (TPSA) is 82.0 Å². The summed E-state index contributed by atoms with van der Waals surface area (Å²) in [7, 11) is 0. The molecule has 1 saturated carbocycles. The largest absolute Gasteiger partial charge is 0.381 e. The molecule has 1 aliphatic heterocycles. The lowest BCUT2D eigenvalue weighted by Crippen LogP contribution is -2.38. The van der Waals surface area contributed by atoms with E-state index in [1.54, 1.807) is 10.6 Å². The minimum Gasteiger partial charge on any atom is -0.381 e. The van der Waals surface area contributed by atoms with Gasteiger partial charge < -0.3 is 28.9 Å². The summed E-state index contributed by atoms with van der Waals surface area (Å²) in [5.41, 5.74) is 3.29. The molecule has 0 bridgehead atoms. The number of hydrogen-bond acceptors (Lipinski definition) is 8. The van der Waals surface area contributed by atoms with Crippen LogP contribution in [-0.4, -0.2) is 102 Å². The molecule has 2 fully saturated rings. The van der Waals surface area contributed by atoms with Crippen molar-refractivity contribution in [3.05, 3.63) is 23.8 Å². The fraction of sp³-hybridized carbons (Fsp3) is 0.909. The van der Waals surface area contributed by atoms with Crippen molar-refractivity contribution in [2.45, 2.75) is 215 Å². The summed E-state index contributed by atoms with van der Waals surface area (Å²) in [6.45, 7) is 28.5. The van der Waals surface area contributed by atoms with Gasteiger partial charge >= 0.3 is 0 Å². The summed E-state index contributed by atoms with van der Waals surface area (Å²) in [5.74, 6) is 2.82. The summed E-state index contributed by atoms with van der Waals surface area (Å²) in [5, 5.41) is 12.2. The van der Waals surface area contributed by atoms with Crippen molar-refractivity contribution in [3.8, 4) is 0 Å². The van der Waals surface area contributed by atoms with Crippen molar-refractivity contribution in [1.82, 2.24) is 5.06 Å². The zero-order valence-electron chi connectivity index (χ0n) is 42.5. The highest BCUT2D eigenvalue weighted by atomic mass is 16.5. The SMILES string of the molecule is C=C(CC(CCC(C)/C=C(\C)C(C)CC)CCC1(C)CCC(CCCOCCCCCOCCCCCOCCCCCOCCOCC/C=N/CCC)CC1)C1CCCCN1O. The number of hydroxylamine groups is 2. The fourth-order valence-electron chi connectivity index (χ4n) is 9.47. The Labute approximate surface area is 390 Å². The molecule has 0 aromatic rings. The molecule has 2 rings (SSSR count). The van der Waals surface area contributed by atoms with Gasteiger partial charge in [0, 0.05) is 72.0 Å². The van der Waals surface area contributed by atoms with Crippen molar-refractivity contribution in [1.29, 1.82) is 0 Å². The number of piperidine rings is 1. The lowest BCUT2D eigenvalue weighted by molar-refractivity contribution is -0.131. The molecule has 63 heavy (non-hydrogen) atoms. The maximum Gasteiger partial charge on any atom is 0.0700 e. The van der Waals surface area contributed by atoms with Crippen LogP contribution >= 0.6 is 0 Å². The Bertz CT molecular complexity index is 1120. The number of ether oxygens (including phenoxy) is 5. The third-order valence-electron chi connectivity index (χ3n) is 14.3.